The molecule has 8 heteroatoms. The van der Waals surface area contributed by atoms with Gasteiger partial charge in [-0.25, -0.2) is 4.79 Å². The van der Waals surface area contributed by atoms with E-state index in [9.17, 15) is 20.0 Å². The molecular formula is C21H19ClN2O5. The molecule has 0 aliphatic heterocycles. The van der Waals surface area contributed by atoms with E-state index in [4.69, 9.17) is 21.1 Å². The number of methoxy groups -OCH3 is 1. The largest absolute Gasteiger partial charge is 0.493 e. The zero-order valence-electron chi connectivity index (χ0n) is 16.0. The first-order valence-corrected chi connectivity index (χ1v) is 8.94. The summed E-state index contributed by atoms with van der Waals surface area (Å²) in [6.07, 6.45) is 1.20. The second-order valence-corrected chi connectivity index (χ2v) is 6.58. The first-order chi connectivity index (χ1) is 13.8. The number of nitrogens with one attached hydrogen (secondary N) is 1. The second-order valence-electron chi connectivity index (χ2n) is 6.18. The molecule has 7 nitrogen and oxygen atoms in total. The molecule has 0 saturated carbocycles. The lowest BCUT2D eigenvalue weighted by Gasteiger charge is -2.15. The predicted molar refractivity (Wildman–Crippen MR) is 109 cm³/mol. The van der Waals surface area contributed by atoms with E-state index in [-0.39, 0.29) is 28.0 Å². The molecule has 0 radical (unpaired) electrons. The molecular weight excluding hydrogens is 396 g/mol. The lowest BCUT2D eigenvalue weighted by molar-refractivity contribution is -0.112. The van der Waals surface area contributed by atoms with E-state index in [2.05, 4.69) is 5.32 Å². The number of carbonyl (C=O) groups excluding carboxylic acids is 1. The molecule has 0 unspecified atom stereocenters. The Bertz CT molecular complexity index is 1010. The van der Waals surface area contributed by atoms with Crippen molar-refractivity contribution in [3.05, 3.63) is 58.1 Å². The Morgan fingerprint density at radius 3 is 2.55 bits per heavy atom. The van der Waals surface area contributed by atoms with Crippen LogP contribution in [0.5, 0.6) is 11.5 Å². The van der Waals surface area contributed by atoms with E-state index in [1.807, 2.05) is 19.9 Å². The quantitative estimate of drug-likeness (QED) is 0.514. The molecule has 0 saturated heterocycles. The van der Waals surface area contributed by atoms with Crippen molar-refractivity contribution in [3.8, 4) is 17.6 Å². The third-order valence-corrected chi connectivity index (χ3v) is 3.97. The number of rotatable bonds is 7. The predicted octanol–water partition coefficient (Wildman–Crippen LogP) is 4.38. The number of amides is 1. The highest BCUT2D eigenvalue weighted by atomic mass is 35.5. The van der Waals surface area contributed by atoms with Gasteiger partial charge in [0.2, 0.25) is 0 Å². The van der Waals surface area contributed by atoms with E-state index in [1.54, 1.807) is 12.1 Å². The van der Waals surface area contributed by atoms with Gasteiger partial charge in [-0.2, -0.15) is 5.26 Å². The van der Waals surface area contributed by atoms with Crippen molar-refractivity contribution in [1.82, 2.24) is 0 Å². The molecule has 0 aromatic heterocycles. The maximum Gasteiger partial charge on any atom is 0.337 e. The number of benzene rings is 2. The Morgan fingerprint density at radius 1 is 1.28 bits per heavy atom. The van der Waals surface area contributed by atoms with E-state index in [0.29, 0.717) is 17.1 Å². The van der Waals surface area contributed by atoms with Crippen molar-refractivity contribution in [3.63, 3.8) is 0 Å². The summed E-state index contributed by atoms with van der Waals surface area (Å²) >= 11 is 6.27. The van der Waals surface area contributed by atoms with Crippen molar-refractivity contribution in [2.75, 3.05) is 12.4 Å². The number of anilines is 1. The van der Waals surface area contributed by atoms with Crippen LogP contribution >= 0.6 is 11.6 Å². The third kappa shape index (κ3) is 5.50. The van der Waals surface area contributed by atoms with Gasteiger partial charge in [-0.1, -0.05) is 23.7 Å². The fourth-order valence-electron chi connectivity index (χ4n) is 2.46. The molecule has 29 heavy (non-hydrogen) atoms. The molecule has 0 heterocycles. The van der Waals surface area contributed by atoms with Gasteiger partial charge in [0.25, 0.3) is 5.91 Å². The summed E-state index contributed by atoms with van der Waals surface area (Å²) in [5.74, 6) is -1.23. The summed E-state index contributed by atoms with van der Waals surface area (Å²) in [7, 11) is 1.45. The zero-order valence-corrected chi connectivity index (χ0v) is 16.8. The Hall–Kier alpha value is -3.50. The summed E-state index contributed by atoms with van der Waals surface area (Å²) in [6, 6.07) is 10.8. The third-order valence-electron chi connectivity index (χ3n) is 3.69. The van der Waals surface area contributed by atoms with Gasteiger partial charge in [0.1, 0.15) is 11.6 Å². The van der Waals surface area contributed by atoms with Gasteiger partial charge in [-0.05, 0) is 49.8 Å². The Morgan fingerprint density at radius 2 is 1.97 bits per heavy atom. The normalized spacial score (nSPS) is 11.0. The molecule has 0 spiro atoms. The highest BCUT2D eigenvalue weighted by molar-refractivity contribution is 6.32. The summed E-state index contributed by atoms with van der Waals surface area (Å²) in [6.45, 7) is 3.69. The number of carboxylic acid groups (broad SMARTS) is 1. The number of para-hydroxylation sites is 1. The van der Waals surface area contributed by atoms with Crippen molar-refractivity contribution in [2.45, 2.75) is 20.0 Å². The fourth-order valence-corrected chi connectivity index (χ4v) is 2.72. The molecule has 0 bridgehead atoms. The summed E-state index contributed by atoms with van der Waals surface area (Å²) in [4.78, 5) is 23.8. The van der Waals surface area contributed by atoms with Crippen LogP contribution in [-0.4, -0.2) is 30.2 Å². The van der Waals surface area contributed by atoms with Crippen LogP contribution < -0.4 is 14.8 Å². The van der Waals surface area contributed by atoms with Gasteiger partial charge < -0.3 is 19.9 Å². The highest BCUT2D eigenvalue weighted by Crippen LogP contribution is 2.37. The van der Waals surface area contributed by atoms with Crippen molar-refractivity contribution in [1.29, 1.82) is 5.26 Å². The lowest BCUT2D eigenvalue weighted by Crippen LogP contribution is -2.16. The lowest BCUT2D eigenvalue weighted by atomic mass is 10.1. The number of aromatic carboxylic acids is 1. The average Bonchev–Trinajstić information content (AvgIpc) is 2.67. The van der Waals surface area contributed by atoms with Gasteiger partial charge in [-0.3, -0.25) is 4.79 Å². The molecule has 2 aromatic rings. The SMILES string of the molecule is COc1cc(/C=C(\C#N)C(=O)Nc2ccccc2C(=O)O)cc(Cl)c1OC(C)C. The van der Waals surface area contributed by atoms with Crippen LogP contribution in [0.2, 0.25) is 5.02 Å². The van der Waals surface area contributed by atoms with Gasteiger partial charge in [-0.15, -0.1) is 0 Å². The number of halogens is 1. The van der Waals surface area contributed by atoms with Crippen LogP contribution in [0.3, 0.4) is 0 Å². The molecule has 150 valence electrons. The van der Waals surface area contributed by atoms with Crippen molar-refractivity contribution >= 4 is 35.2 Å². The smallest absolute Gasteiger partial charge is 0.337 e. The van der Waals surface area contributed by atoms with E-state index >= 15 is 0 Å². The minimum atomic E-state index is -1.19. The van der Waals surface area contributed by atoms with Crippen LogP contribution in [0.4, 0.5) is 5.69 Å². The summed E-state index contributed by atoms with van der Waals surface area (Å²) < 4.78 is 10.9. The first kappa shape index (κ1) is 21.8. The molecule has 1 amide bonds. The topological polar surface area (TPSA) is 109 Å². The van der Waals surface area contributed by atoms with Crippen LogP contribution in [0.15, 0.2) is 42.0 Å². The Kier molecular flexibility index (Phi) is 7.23. The zero-order chi connectivity index (χ0) is 21.6. The number of hydrogen-bond acceptors (Lipinski definition) is 5. The maximum absolute atomic E-state index is 12.5. The van der Waals surface area contributed by atoms with Crippen LogP contribution in [0.1, 0.15) is 29.8 Å². The minimum absolute atomic E-state index is 0.0851. The van der Waals surface area contributed by atoms with Gasteiger partial charge in [0, 0.05) is 0 Å². The molecule has 0 atom stereocenters. The average molecular weight is 415 g/mol. The molecule has 0 fully saturated rings. The standard InChI is InChI=1S/C21H19ClN2O5/c1-12(2)29-19-16(22)9-13(10-18(19)28-3)8-14(11-23)20(25)24-17-7-5-4-6-15(17)21(26)27/h4-10,12H,1-3H3,(H,24,25)(H,26,27)/b14-8+. The highest BCUT2D eigenvalue weighted by Gasteiger charge is 2.17. The number of hydrogen-bond donors (Lipinski definition) is 2. The van der Waals surface area contributed by atoms with Crippen LogP contribution in [-0.2, 0) is 4.79 Å². The number of carboxylic acids is 1. The minimum Gasteiger partial charge on any atom is -0.493 e. The van der Waals surface area contributed by atoms with Crippen molar-refractivity contribution in [2.24, 2.45) is 0 Å². The summed E-state index contributed by atoms with van der Waals surface area (Å²) in [5, 5.41) is 21.3. The number of nitrogens with zero attached hydrogens (tertiary/aromatic N) is 1. The molecule has 0 aliphatic carbocycles. The Labute approximate surface area is 173 Å². The van der Waals surface area contributed by atoms with Gasteiger partial charge in [0.15, 0.2) is 11.5 Å². The van der Waals surface area contributed by atoms with Gasteiger partial charge >= 0.3 is 5.97 Å². The van der Waals surface area contributed by atoms with E-state index in [0.717, 1.165) is 0 Å². The van der Waals surface area contributed by atoms with Gasteiger partial charge in [0.05, 0.1) is 29.5 Å². The number of ether oxygens (including phenoxy) is 2. The summed E-state index contributed by atoms with van der Waals surface area (Å²) in [5.41, 5.74) is 0.211. The molecule has 0 aliphatic rings. The monoisotopic (exact) mass is 414 g/mol. The number of nitriles is 1. The van der Waals surface area contributed by atoms with E-state index in [1.165, 1.54) is 37.5 Å². The van der Waals surface area contributed by atoms with Crippen molar-refractivity contribution < 1.29 is 24.2 Å². The molecule has 2 N–H and O–H groups in total. The number of carbonyl (C=O) groups is 2. The fraction of sp³-hybridized carbons (Fsp3) is 0.190. The second kappa shape index (κ2) is 9.62. The molecule has 2 rings (SSSR count). The van der Waals surface area contributed by atoms with Crippen LogP contribution in [0, 0.1) is 11.3 Å². The maximum atomic E-state index is 12.5. The first-order valence-electron chi connectivity index (χ1n) is 8.56. The van der Waals surface area contributed by atoms with Crippen LogP contribution in [0.25, 0.3) is 6.08 Å². The van der Waals surface area contributed by atoms with E-state index < -0.39 is 11.9 Å². The Balaban J connectivity index is 2.37. The molecule has 2 aromatic carbocycles.